The highest BCUT2D eigenvalue weighted by molar-refractivity contribution is 4.92. The second-order valence-electron chi connectivity index (χ2n) is 6.98. The van der Waals surface area contributed by atoms with Gasteiger partial charge in [0.25, 0.3) is 0 Å². The molecule has 0 aromatic carbocycles. The third-order valence-corrected chi connectivity index (χ3v) is 5.11. The van der Waals surface area contributed by atoms with Crippen molar-refractivity contribution in [3.8, 4) is 0 Å². The van der Waals surface area contributed by atoms with Gasteiger partial charge in [0.2, 0.25) is 0 Å². The standard InChI is InChI=1S/C17H37N/c1-8-14(5)12-17(16(7)18,15(6)9-2)11-10-13(3)4/h13-16H,8-12,18H2,1-7H3. The molecule has 4 unspecified atom stereocenters. The Morgan fingerprint density at radius 2 is 1.50 bits per heavy atom. The first-order chi connectivity index (χ1) is 8.30. The first kappa shape index (κ1) is 18.0. The van der Waals surface area contributed by atoms with E-state index in [0.29, 0.717) is 11.5 Å². The summed E-state index contributed by atoms with van der Waals surface area (Å²) in [7, 11) is 0. The minimum atomic E-state index is 0.306. The smallest absolute Gasteiger partial charge is 0.00696 e. The summed E-state index contributed by atoms with van der Waals surface area (Å²) in [6.07, 6.45) is 6.41. The van der Waals surface area contributed by atoms with Crippen LogP contribution in [0.15, 0.2) is 0 Å². The van der Waals surface area contributed by atoms with Crippen molar-refractivity contribution in [3.63, 3.8) is 0 Å². The molecule has 0 rings (SSSR count). The molecule has 0 aliphatic carbocycles. The maximum absolute atomic E-state index is 6.44. The maximum Gasteiger partial charge on any atom is 0.00696 e. The van der Waals surface area contributed by atoms with Gasteiger partial charge in [-0.1, -0.05) is 60.8 Å². The van der Waals surface area contributed by atoms with Gasteiger partial charge < -0.3 is 5.73 Å². The van der Waals surface area contributed by atoms with E-state index in [-0.39, 0.29) is 0 Å². The van der Waals surface area contributed by atoms with E-state index >= 15 is 0 Å². The van der Waals surface area contributed by atoms with Gasteiger partial charge >= 0.3 is 0 Å². The zero-order valence-corrected chi connectivity index (χ0v) is 13.9. The summed E-state index contributed by atoms with van der Waals surface area (Å²) in [5, 5.41) is 0. The van der Waals surface area contributed by atoms with E-state index in [4.69, 9.17) is 5.73 Å². The summed E-state index contributed by atoms with van der Waals surface area (Å²) in [6, 6.07) is 0.306. The van der Waals surface area contributed by atoms with Crippen molar-refractivity contribution in [2.45, 2.75) is 86.6 Å². The summed E-state index contributed by atoms with van der Waals surface area (Å²) < 4.78 is 0. The molecule has 0 spiro atoms. The summed E-state index contributed by atoms with van der Waals surface area (Å²) >= 11 is 0. The molecule has 18 heavy (non-hydrogen) atoms. The predicted molar refractivity (Wildman–Crippen MR) is 83.7 cm³/mol. The van der Waals surface area contributed by atoms with Crippen LogP contribution in [0.25, 0.3) is 0 Å². The lowest BCUT2D eigenvalue weighted by atomic mass is 9.62. The van der Waals surface area contributed by atoms with Crippen molar-refractivity contribution in [1.29, 1.82) is 0 Å². The van der Waals surface area contributed by atoms with E-state index in [9.17, 15) is 0 Å². The van der Waals surface area contributed by atoms with E-state index in [0.717, 1.165) is 17.8 Å². The molecule has 0 aliphatic heterocycles. The fourth-order valence-electron chi connectivity index (χ4n) is 3.17. The fraction of sp³-hybridized carbons (Fsp3) is 1.00. The van der Waals surface area contributed by atoms with E-state index in [1.54, 1.807) is 0 Å². The van der Waals surface area contributed by atoms with Crippen molar-refractivity contribution in [1.82, 2.24) is 0 Å². The highest BCUT2D eigenvalue weighted by atomic mass is 14.7. The van der Waals surface area contributed by atoms with Crippen molar-refractivity contribution in [3.05, 3.63) is 0 Å². The summed E-state index contributed by atoms with van der Waals surface area (Å²) in [6.45, 7) is 16.3. The molecule has 0 amide bonds. The second kappa shape index (κ2) is 8.19. The van der Waals surface area contributed by atoms with Gasteiger partial charge in [-0.25, -0.2) is 0 Å². The molecule has 0 bridgehead atoms. The van der Waals surface area contributed by atoms with Crippen LogP contribution in [-0.2, 0) is 0 Å². The molecular formula is C17H37N. The lowest BCUT2D eigenvalue weighted by Crippen LogP contribution is -2.45. The molecule has 1 nitrogen and oxygen atoms in total. The molecule has 4 atom stereocenters. The van der Waals surface area contributed by atoms with Crippen molar-refractivity contribution < 1.29 is 0 Å². The zero-order chi connectivity index (χ0) is 14.3. The number of hydrogen-bond acceptors (Lipinski definition) is 1. The van der Waals surface area contributed by atoms with Crippen molar-refractivity contribution in [2.24, 2.45) is 28.9 Å². The minimum Gasteiger partial charge on any atom is -0.327 e. The molecule has 0 saturated heterocycles. The van der Waals surface area contributed by atoms with Gasteiger partial charge in [-0.15, -0.1) is 0 Å². The average molecular weight is 255 g/mol. The predicted octanol–water partition coefficient (Wildman–Crippen LogP) is 5.24. The molecule has 0 fully saturated rings. The number of nitrogens with two attached hydrogens (primary N) is 1. The molecule has 2 N–H and O–H groups in total. The van der Waals surface area contributed by atoms with Crippen LogP contribution in [-0.4, -0.2) is 6.04 Å². The lowest BCUT2D eigenvalue weighted by Gasteiger charge is -2.45. The van der Waals surface area contributed by atoms with Crippen LogP contribution in [0.4, 0.5) is 0 Å². The highest BCUT2D eigenvalue weighted by Crippen LogP contribution is 2.44. The van der Waals surface area contributed by atoms with Crippen molar-refractivity contribution >= 4 is 0 Å². The summed E-state index contributed by atoms with van der Waals surface area (Å²) in [5.41, 5.74) is 6.78. The fourth-order valence-corrected chi connectivity index (χ4v) is 3.17. The Morgan fingerprint density at radius 3 is 1.83 bits per heavy atom. The molecule has 0 aliphatic rings. The minimum absolute atomic E-state index is 0.306. The molecule has 0 heterocycles. The molecular weight excluding hydrogens is 218 g/mol. The third-order valence-electron chi connectivity index (χ3n) is 5.11. The Balaban J connectivity index is 5.02. The summed E-state index contributed by atoms with van der Waals surface area (Å²) in [4.78, 5) is 0. The van der Waals surface area contributed by atoms with Crippen molar-refractivity contribution in [2.75, 3.05) is 0 Å². The third kappa shape index (κ3) is 4.91. The Bertz CT molecular complexity index is 210. The molecule has 110 valence electrons. The molecule has 0 radical (unpaired) electrons. The zero-order valence-electron chi connectivity index (χ0n) is 13.9. The molecule has 0 aromatic heterocycles. The monoisotopic (exact) mass is 255 g/mol. The first-order valence-electron chi connectivity index (χ1n) is 8.05. The maximum atomic E-state index is 6.44. The molecule has 1 heteroatoms. The Morgan fingerprint density at radius 1 is 0.944 bits per heavy atom. The molecule has 0 aromatic rings. The summed E-state index contributed by atoms with van der Waals surface area (Å²) in [5.74, 6) is 2.30. The van der Waals surface area contributed by atoms with Crippen LogP contribution in [0.3, 0.4) is 0 Å². The Kier molecular flexibility index (Phi) is 8.18. The van der Waals surface area contributed by atoms with E-state index in [2.05, 4.69) is 48.5 Å². The van der Waals surface area contributed by atoms with Gasteiger partial charge in [0.15, 0.2) is 0 Å². The normalized spacial score (nSPS) is 20.5. The Hall–Kier alpha value is -0.0400. The SMILES string of the molecule is CCC(C)CC(CCC(C)C)(C(C)N)C(C)CC. The average Bonchev–Trinajstić information content (AvgIpc) is 2.32. The van der Waals surface area contributed by atoms with Crippen LogP contribution in [0.2, 0.25) is 0 Å². The van der Waals surface area contributed by atoms with Crippen LogP contribution >= 0.6 is 0 Å². The van der Waals surface area contributed by atoms with Gasteiger partial charge in [-0.3, -0.25) is 0 Å². The molecule has 0 saturated carbocycles. The van der Waals surface area contributed by atoms with E-state index in [1.807, 2.05) is 0 Å². The number of rotatable bonds is 9. The van der Waals surface area contributed by atoms with Crippen LogP contribution < -0.4 is 5.73 Å². The van der Waals surface area contributed by atoms with E-state index in [1.165, 1.54) is 32.1 Å². The van der Waals surface area contributed by atoms with Gasteiger partial charge in [-0.2, -0.15) is 0 Å². The highest BCUT2D eigenvalue weighted by Gasteiger charge is 2.39. The topological polar surface area (TPSA) is 26.0 Å². The first-order valence-corrected chi connectivity index (χ1v) is 8.05. The number of hydrogen-bond donors (Lipinski definition) is 1. The van der Waals surface area contributed by atoms with Crippen LogP contribution in [0.1, 0.15) is 80.6 Å². The van der Waals surface area contributed by atoms with Gasteiger partial charge in [-0.05, 0) is 42.9 Å². The van der Waals surface area contributed by atoms with Crippen LogP contribution in [0.5, 0.6) is 0 Å². The van der Waals surface area contributed by atoms with Gasteiger partial charge in [0, 0.05) is 6.04 Å². The lowest BCUT2D eigenvalue weighted by molar-refractivity contribution is 0.0756. The van der Waals surface area contributed by atoms with Gasteiger partial charge in [0.05, 0.1) is 0 Å². The van der Waals surface area contributed by atoms with Gasteiger partial charge in [0.1, 0.15) is 0 Å². The quantitative estimate of drug-likeness (QED) is 0.599. The largest absolute Gasteiger partial charge is 0.327 e. The van der Waals surface area contributed by atoms with E-state index < -0.39 is 0 Å². The van der Waals surface area contributed by atoms with Crippen LogP contribution in [0, 0.1) is 23.2 Å². The Labute approximate surface area is 116 Å². The second-order valence-corrected chi connectivity index (χ2v) is 6.98.